The number of carbonyl (C=O) groups is 2. The number of nitrogens with one attached hydrogen (secondary N) is 1. The molecule has 1 atom stereocenters. The number of thiophene rings is 1. The molecule has 3 aromatic rings. The molecule has 0 saturated heterocycles. The third-order valence-corrected chi connectivity index (χ3v) is 4.58. The maximum Gasteiger partial charge on any atom is 0.339 e. The van der Waals surface area contributed by atoms with Gasteiger partial charge in [0.2, 0.25) is 0 Å². The van der Waals surface area contributed by atoms with Crippen LogP contribution >= 0.6 is 11.3 Å². The van der Waals surface area contributed by atoms with Crippen molar-refractivity contribution in [3.63, 3.8) is 0 Å². The highest BCUT2D eigenvalue weighted by Gasteiger charge is 2.24. The maximum absolute atomic E-state index is 12.7. The van der Waals surface area contributed by atoms with Crippen molar-refractivity contribution < 1.29 is 18.8 Å². The summed E-state index contributed by atoms with van der Waals surface area (Å²) in [5.41, 5.74) is 1.63. The Morgan fingerprint density at radius 1 is 1.50 bits per heavy atom. The zero-order valence-corrected chi connectivity index (χ0v) is 15.1. The summed E-state index contributed by atoms with van der Waals surface area (Å²) in [5, 5.41) is 8.87. The van der Waals surface area contributed by atoms with E-state index in [4.69, 9.17) is 9.26 Å². The fourth-order valence-electron chi connectivity index (χ4n) is 2.40. The maximum atomic E-state index is 12.7. The minimum absolute atomic E-state index is 0.254. The minimum Gasteiger partial charge on any atom is -0.449 e. The van der Waals surface area contributed by atoms with Crippen LogP contribution in [0.5, 0.6) is 0 Å². The Balaban J connectivity index is 1.95. The van der Waals surface area contributed by atoms with Gasteiger partial charge in [-0.1, -0.05) is 17.3 Å². The SMILES string of the molecule is C=CCNC(=O)C(C)OC(=O)c1cc(-c2cccs2)nc2onc(C)c12. The number of fused-ring (bicyclic) bond motifs is 1. The lowest BCUT2D eigenvalue weighted by Gasteiger charge is -2.13. The number of ether oxygens (including phenoxy) is 1. The normalized spacial score (nSPS) is 11.9. The lowest BCUT2D eigenvalue weighted by molar-refractivity contribution is -0.128. The summed E-state index contributed by atoms with van der Waals surface area (Å²) >= 11 is 1.49. The molecule has 0 bridgehead atoms. The van der Waals surface area contributed by atoms with E-state index < -0.39 is 18.0 Å². The standard InChI is InChI=1S/C18H17N3O4S/c1-4-7-19-16(22)11(3)24-18(23)12-9-13(14-6-5-8-26-14)20-17-15(12)10(2)21-25-17/h4-6,8-9,11H,1,7H2,2-3H3,(H,19,22). The van der Waals surface area contributed by atoms with Crippen molar-refractivity contribution in [2.24, 2.45) is 0 Å². The van der Waals surface area contributed by atoms with Gasteiger partial charge in [0.1, 0.15) is 0 Å². The number of aryl methyl sites for hydroxylation is 1. The summed E-state index contributed by atoms with van der Waals surface area (Å²) < 4.78 is 10.6. The molecule has 0 saturated carbocycles. The Morgan fingerprint density at radius 3 is 3.00 bits per heavy atom. The van der Waals surface area contributed by atoms with Crippen molar-refractivity contribution in [1.29, 1.82) is 0 Å². The van der Waals surface area contributed by atoms with Gasteiger partial charge >= 0.3 is 5.97 Å². The lowest BCUT2D eigenvalue weighted by atomic mass is 10.1. The molecule has 3 aromatic heterocycles. The number of amides is 1. The van der Waals surface area contributed by atoms with Gasteiger partial charge in [0.15, 0.2) is 6.10 Å². The van der Waals surface area contributed by atoms with Gasteiger partial charge in [-0.3, -0.25) is 4.79 Å². The van der Waals surface area contributed by atoms with Crippen LogP contribution in [0.1, 0.15) is 23.0 Å². The Labute approximate surface area is 153 Å². The van der Waals surface area contributed by atoms with Gasteiger partial charge in [-0.05, 0) is 31.4 Å². The average molecular weight is 371 g/mol. The van der Waals surface area contributed by atoms with Crippen molar-refractivity contribution >= 4 is 34.3 Å². The summed E-state index contributed by atoms with van der Waals surface area (Å²) in [5.74, 6) is -1.04. The number of hydrogen-bond donors (Lipinski definition) is 1. The molecular formula is C18H17N3O4S. The number of hydrogen-bond acceptors (Lipinski definition) is 7. The van der Waals surface area contributed by atoms with Gasteiger partial charge < -0.3 is 14.6 Å². The molecule has 3 rings (SSSR count). The number of pyridine rings is 1. The van der Waals surface area contributed by atoms with Crippen LogP contribution in [0.3, 0.4) is 0 Å². The van der Waals surface area contributed by atoms with Crippen LogP contribution in [-0.2, 0) is 9.53 Å². The second kappa shape index (κ2) is 7.49. The second-order valence-corrected chi connectivity index (χ2v) is 6.51. The minimum atomic E-state index is -0.948. The van der Waals surface area contributed by atoms with Gasteiger partial charge in [0.25, 0.3) is 11.6 Å². The van der Waals surface area contributed by atoms with E-state index in [0.717, 1.165) is 4.88 Å². The molecule has 3 heterocycles. The quantitative estimate of drug-likeness (QED) is 0.528. The molecule has 7 nitrogen and oxygen atoms in total. The number of carbonyl (C=O) groups excluding carboxylic acids is 2. The average Bonchev–Trinajstić information content (AvgIpc) is 3.29. The molecule has 1 unspecified atom stereocenters. The number of aromatic nitrogens is 2. The number of esters is 1. The fourth-order valence-corrected chi connectivity index (χ4v) is 3.09. The first kappa shape index (κ1) is 17.8. The molecule has 0 radical (unpaired) electrons. The van der Waals surface area contributed by atoms with E-state index in [-0.39, 0.29) is 11.3 Å². The summed E-state index contributed by atoms with van der Waals surface area (Å²) in [4.78, 5) is 29.9. The van der Waals surface area contributed by atoms with Crippen LogP contribution in [-0.4, -0.2) is 34.7 Å². The molecule has 134 valence electrons. The van der Waals surface area contributed by atoms with Gasteiger partial charge in [0, 0.05) is 6.54 Å². The van der Waals surface area contributed by atoms with Crippen LogP contribution in [0, 0.1) is 6.92 Å². The van der Waals surface area contributed by atoms with Gasteiger partial charge in [-0.2, -0.15) is 0 Å². The number of rotatable bonds is 6. The molecular weight excluding hydrogens is 354 g/mol. The van der Waals surface area contributed by atoms with Gasteiger partial charge in [0.05, 0.1) is 27.2 Å². The van der Waals surface area contributed by atoms with E-state index in [1.807, 2.05) is 17.5 Å². The van der Waals surface area contributed by atoms with Crippen molar-refractivity contribution in [3.8, 4) is 10.6 Å². The molecule has 26 heavy (non-hydrogen) atoms. The first-order valence-electron chi connectivity index (χ1n) is 7.91. The molecule has 0 spiro atoms. The van der Waals surface area contributed by atoms with E-state index >= 15 is 0 Å². The molecule has 0 aliphatic rings. The predicted octanol–water partition coefficient (Wildman–Crippen LogP) is 3.11. The molecule has 0 aliphatic heterocycles. The highest BCUT2D eigenvalue weighted by atomic mass is 32.1. The summed E-state index contributed by atoms with van der Waals surface area (Å²) in [7, 11) is 0. The first-order valence-corrected chi connectivity index (χ1v) is 8.79. The van der Waals surface area contributed by atoms with Gasteiger partial charge in [-0.15, -0.1) is 17.9 Å². The van der Waals surface area contributed by atoms with E-state index in [9.17, 15) is 9.59 Å². The van der Waals surface area contributed by atoms with Crippen LogP contribution in [0.4, 0.5) is 0 Å². The smallest absolute Gasteiger partial charge is 0.339 e. The van der Waals surface area contributed by atoms with Crippen molar-refractivity contribution in [1.82, 2.24) is 15.5 Å². The highest BCUT2D eigenvalue weighted by molar-refractivity contribution is 7.13. The first-order chi connectivity index (χ1) is 12.5. The van der Waals surface area contributed by atoms with Crippen LogP contribution in [0.2, 0.25) is 0 Å². The van der Waals surface area contributed by atoms with Crippen molar-refractivity contribution in [2.75, 3.05) is 6.54 Å². The largest absolute Gasteiger partial charge is 0.449 e. The van der Waals surface area contributed by atoms with Crippen LogP contribution < -0.4 is 5.32 Å². The van der Waals surface area contributed by atoms with Crippen molar-refractivity contribution in [2.45, 2.75) is 20.0 Å². The Kier molecular flexibility index (Phi) is 5.13. The van der Waals surface area contributed by atoms with E-state index in [2.05, 4.69) is 22.0 Å². The molecule has 1 amide bonds. The zero-order valence-electron chi connectivity index (χ0n) is 14.3. The highest BCUT2D eigenvalue weighted by Crippen LogP contribution is 2.29. The van der Waals surface area contributed by atoms with Crippen molar-refractivity contribution in [3.05, 3.63) is 47.5 Å². The second-order valence-electron chi connectivity index (χ2n) is 5.56. The third kappa shape index (κ3) is 3.50. The van der Waals surface area contributed by atoms with E-state index in [1.54, 1.807) is 19.1 Å². The summed E-state index contributed by atoms with van der Waals surface area (Å²) in [6, 6.07) is 5.42. The van der Waals surface area contributed by atoms with Crippen LogP contribution in [0.25, 0.3) is 21.7 Å². The monoisotopic (exact) mass is 371 g/mol. The lowest BCUT2D eigenvalue weighted by Crippen LogP contribution is -2.35. The molecule has 0 aromatic carbocycles. The topological polar surface area (TPSA) is 94.3 Å². The molecule has 0 aliphatic carbocycles. The zero-order chi connectivity index (χ0) is 18.7. The Bertz CT molecular complexity index is 962. The summed E-state index contributed by atoms with van der Waals surface area (Å²) in [6.07, 6.45) is 0.600. The summed E-state index contributed by atoms with van der Waals surface area (Å²) in [6.45, 7) is 7.05. The Morgan fingerprint density at radius 2 is 2.31 bits per heavy atom. The fraction of sp³-hybridized carbons (Fsp3) is 0.222. The van der Waals surface area contributed by atoms with E-state index in [0.29, 0.717) is 23.3 Å². The third-order valence-electron chi connectivity index (χ3n) is 3.68. The predicted molar refractivity (Wildman–Crippen MR) is 97.9 cm³/mol. The van der Waals surface area contributed by atoms with Crippen LogP contribution in [0.15, 0.2) is 40.8 Å². The molecule has 1 N–H and O–H groups in total. The number of nitrogens with zero attached hydrogens (tertiary/aromatic N) is 2. The Hall–Kier alpha value is -3.00. The van der Waals surface area contributed by atoms with Gasteiger partial charge in [-0.25, -0.2) is 9.78 Å². The van der Waals surface area contributed by atoms with E-state index in [1.165, 1.54) is 18.3 Å². The molecule has 0 fully saturated rings. The molecule has 8 heteroatoms.